The lowest BCUT2D eigenvalue weighted by Crippen LogP contribution is -2.61. The number of amides is 4. The number of ether oxygens (including phenoxy) is 8. The third kappa shape index (κ3) is 13.1. The van der Waals surface area contributed by atoms with E-state index in [0.717, 1.165) is 89.1 Å². The number of hydrogen-bond acceptors (Lipinski definition) is 22. The van der Waals surface area contributed by atoms with Crippen LogP contribution in [0.1, 0.15) is 146 Å². The first-order valence-electron chi connectivity index (χ1n) is 37.9. The van der Waals surface area contributed by atoms with Crippen LogP contribution in [0.25, 0.3) is 21.8 Å². The van der Waals surface area contributed by atoms with E-state index in [1.165, 1.54) is 28.4 Å². The average molecular weight is 1570 g/mol. The monoisotopic (exact) mass is 1560 g/mol. The summed E-state index contributed by atoms with van der Waals surface area (Å²) in [6.07, 6.45) is 1.85. The van der Waals surface area contributed by atoms with E-state index in [2.05, 4.69) is 32.7 Å². The van der Waals surface area contributed by atoms with Crippen molar-refractivity contribution >= 4 is 105 Å². The maximum Gasteiger partial charge on any atom is 0.337 e. The van der Waals surface area contributed by atoms with Crippen LogP contribution >= 0.6 is 0 Å². The minimum atomic E-state index is -0.673. The number of aromatic nitrogens is 2. The van der Waals surface area contributed by atoms with Gasteiger partial charge in [-0.2, -0.15) is 0 Å². The Balaban J connectivity index is 0.000000111. The van der Waals surface area contributed by atoms with Crippen molar-refractivity contribution in [2.75, 3.05) is 65.5 Å². The van der Waals surface area contributed by atoms with E-state index >= 15 is 0 Å². The van der Waals surface area contributed by atoms with E-state index in [1.807, 2.05) is 109 Å². The number of para-hydroxylation sites is 4. The lowest BCUT2D eigenvalue weighted by Gasteiger charge is -2.48. The molecule has 0 spiro atoms. The van der Waals surface area contributed by atoms with Gasteiger partial charge in [-0.25, -0.2) is 38.4 Å². The third-order valence-electron chi connectivity index (χ3n) is 23.6. The van der Waals surface area contributed by atoms with Gasteiger partial charge in [-0.3, -0.25) is 19.2 Å². The van der Waals surface area contributed by atoms with E-state index in [-0.39, 0.29) is 98.0 Å². The minimum Gasteiger partial charge on any atom is -0.465 e. The Morgan fingerprint density at radius 2 is 0.638 bits per heavy atom. The highest BCUT2D eigenvalue weighted by Gasteiger charge is 2.56. The molecule has 0 saturated carbocycles. The molecule has 10 aliphatic heterocycles. The normalized spacial score (nSPS) is 24.0. The Kier molecular flexibility index (Phi) is 19.7. The van der Waals surface area contributed by atoms with Crippen LogP contribution in [0.5, 0.6) is 0 Å². The maximum atomic E-state index is 12.8. The number of benzene rings is 8. The SMILES string of the molecule is COC(=O)c1ccc([C@@H]2C3Nc4ccccc4C3C[C@H]3C(=O)OCC(=O)N23)cc1.COC(=O)c1ccc([C@@H]2c3[nH]c4ccccc4c3C[C@@H]3C(=O)OCC(=O)N23)cc1.COC(=O)c1ccc([C@H]2C3Nc4ccccc4C3C[C@@H]3C(=O)OCC(=O)N32)cc1.COC(=O)c1ccc([C@H]2c3[nH]c4ccccc4c3C[C@H]3C(=O)OCC(=O)N23)cc1. The number of aromatic amines is 2. The van der Waals surface area contributed by atoms with Crippen molar-refractivity contribution in [1.82, 2.24) is 29.6 Å². The van der Waals surface area contributed by atoms with Crippen LogP contribution in [0.15, 0.2) is 194 Å². The molecule has 8 aromatic carbocycles. The number of fused-ring (bicyclic) bond motifs is 16. The highest BCUT2D eigenvalue weighted by atomic mass is 16.6. The molecule has 6 saturated heterocycles. The van der Waals surface area contributed by atoms with Gasteiger partial charge < -0.3 is 78.1 Å². The highest BCUT2D eigenvalue weighted by Crippen LogP contribution is 2.53. The standard InChI is InChI=1S/2C22H20N2O5.2C22H18N2O5/c4*1-28-21(26)13-8-6-12(7-9-13)20-19-15(14-4-2-3-5-16(14)23-19)10-17-22(27)29-11-18(25)24(17)20/h2*2-9,15,17,19-20,23H,10-11H2,1H3;2*2-9,17,20,23H,10-11H2,1H3/t2*15?,17-,19?,20+;2*17-,20-/m1010/s1. The van der Waals surface area contributed by atoms with Crippen molar-refractivity contribution in [1.29, 1.82) is 0 Å². The molecule has 10 aromatic rings. The van der Waals surface area contributed by atoms with E-state index < -0.39 is 72.1 Å². The Hall–Kier alpha value is -13.9. The van der Waals surface area contributed by atoms with Crippen LogP contribution in [0.2, 0.25) is 0 Å². The zero-order valence-corrected chi connectivity index (χ0v) is 63.0. The molecule has 28 nitrogen and oxygen atoms in total. The number of carbonyl (C=O) groups is 12. The molecule has 588 valence electrons. The molecule has 0 bridgehead atoms. The summed E-state index contributed by atoms with van der Waals surface area (Å²) in [5.41, 5.74) is 15.1. The molecule has 116 heavy (non-hydrogen) atoms. The highest BCUT2D eigenvalue weighted by molar-refractivity contribution is 5.98. The van der Waals surface area contributed by atoms with Crippen LogP contribution in [-0.2, 0) is 89.1 Å². The van der Waals surface area contributed by atoms with E-state index in [0.29, 0.717) is 47.9 Å². The predicted octanol–water partition coefficient (Wildman–Crippen LogP) is 9.21. The molecular formula is C88H76N8O20. The number of nitrogens with zero attached hydrogens (tertiary/aromatic N) is 4. The third-order valence-corrected chi connectivity index (χ3v) is 23.6. The second-order valence-electron chi connectivity index (χ2n) is 29.6. The maximum absolute atomic E-state index is 12.8. The van der Waals surface area contributed by atoms with Crippen molar-refractivity contribution in [2.45, 2.75) is 97.9 Å². The number of carbonyl (C=O) groups excluding carboxylic acids is 12. The van der Waals surface area contributed by atoms with Crippen molar-refractivity contribution in [3.8, 4) is 0 Å². The van der Waals surface area contributed by atoms with Gasteiger partial charge in [0, 0.05) is 69.2 Å². The molecule has 0 radical (unpaired) electrons. The predicted molar refractivity (Wildman–Crippen MR) is 413 cm³/mol. The largest absolute Gasteiger partial charge is 0.465 e. The second-order valence-corrected chi connectivity index (χ2v) is 29.6. The van der Waals surface area contributed by atoms with E-state index in [4.69, 9.17) is 37.9 Å². The van der Waals surface area contributed by atoms with Crippen LogP contribution in [0.3, 0.4) is 0 Å². The molecule has 6 fully saturated rings. The average Bonchev–Trinajstić information content (AvgIpc) is 1.54. The summed E-state index contributed by atoms with van der Waals surface area (Å²) in [4.78, 5) is 162. The van der Waals surface area contributed by atoms with Gasteiger partial charge in [-0.05, 0) is 130 Å². The Morgan fingerprint density at radius 1 is 0.345 bits per heavy atom. The topological polar surface area (TPSA) is 347 Å². The fourth-order valence-electron chi connectivity index (χ4n) is 18.4. The molecule has 4 unspecified atom stereocenters. The van der Waals surface area contributed by atoms with Crippen LogP contribution in [0, 0.1) is 0 Å². The number of H-pyrrole nitrogens is 2. The van der Waals surface area contributed by atoms with Gasteiger partial charge in [-0.1, -0.05) is 121 Å². The molecule has 0 aliphatic carbocycles. The summed E-state index contributed by atoms with van der Waals surface area (Å²) in [5, 5.41) is 9.19. The number of piperidine rings is 2. The molecule has 28 heteroatoms. The number of rotatable bonds is 8. The second kappa shape index (κ2) is 30.5. The first-order chi connectivity index (χ1) is 56.3. The summed E-state index contributed by atoms with van der Waals surface area (Å²) in [7, 11) is 5.34. The summed E-state index contributed by atoms with van der Waals surface area (Å²) in [6.45, 7) is -1.00. The number of anilines is 2. The number of nitrogens with one attached hydrogen (secondary N) is 4. The Labute approximate surface area is 662 Å². The molecule has 2 aromatic heterocycles. The molecule has 4 N–H and O–H groups in total. The van der Waals surface area contributed by atoms with E-state index in [9.17, 15) is 57.5 Å². The van der Waals surface area contributed by atoms with Crippen LogP contribution < -0.4 is 10.6 Å². The molecule has 20 rings (SSSR count). The van der Waals surface area contributed by atoms with Crippen LogP contribution in [-0.4, -0.2) is 192 Å². The molecular weight excluding hydrogens is 1490 g/mol. The van der Waals surface area contributed by atoms with Crippen molar-refractivity contribution in [3.63, 3.8) is 0 Å². The van der Waals surface area contributed by atoms with Gasteiger partial charge >= 0.3 is 47.8 Å². The van der Waals surface area contributed by atoms with Crippen molar-refractivity contribution in [2.24, 2.45) is 0 Å². The van der Waals surface area contributed by atoms with Gasteiger partial charge in [0.1, 0.15) is 24.2 Å². The van der Waals surface area contributed by atoms with E-state index in [1.54, 1.807) is 92.4 Å². The molecule has 4 amide bonds. The number of esters is 8. The minimum absolute atomic E-state index is 0.0672. The smallest absolute Gasteiger partial charge is 0.337 e. The fourth-order valence-corrected chi connectivity index (χ4v) is 18.4. The lowest BCUT2D eigenvalue weighted by molar-refractivity contribution is -0.175. The van der Waals surface area contributed by atoms with Crippen molar-refractivity contribution in [3.05, 3.63) is 272 Å². The summed E-state index contributed by atoms with van der Waals surface area (Å²) in [6, 6.07) is 55.4. The molecule has 10 aliphatic rings. The Bertz CT molecular complexity index is 5340. The molecule has 12 atom stereocenters. The summed E-state index contributed by atoms with van der Waals surface area (Å²) >= 11 is 0. The summed E-state index contributed by atoms with van der Waals surface area (Å²) < 4.78 is 39.6. The zero-order chi connectivity index (χ0) is 80.5. The summed E-state index contributed by atoms with van der Waals surface area (Å²) in [5.74, 6) is -3.90. The first kappa shape index (κ1) is 74.8. The van der Waals surface area contributed by atoms with Gasteiger partial charge in [0.25, 0.3) is 23.6 Å². The van der Waals surface area contributed by atoms with Crippen molar-refractivity contribution < 1.29 is 95.4 Å². The molecule has 12 heterocycles. The van der Waals surface area contributed by atoms with Gasteiger partial charge in [0.05, 0.1) is 86.9 Å². The number of methoxy groups -OCH3 is 4. The quantitative estimate of drug-likeness (QED) is 0.0813. The Morgan fingerprint density at radius 3 is 0.974 bits per heavy atom. The van der Waals surface area contributed by atoms with Gasteiger partial charge in [0.15, 0.2) is 26.4 Å². The van der Waals surface area contributed by atoms with Crippen LogP contribution in [0.4, 0.5) is 11.4 Å². The van der Waals surface area contributed by atoms with Gasteiger partial charge in [-0.15, -0.1) is 0 Å². The number of cyclic esters (lactones) is 4. The number of hydrogen-bond donors (Lipinski definition) is 4. The lowest BCUT2D eigenvalue weighted by atomic mass is 9.77. The fraction of sp³-hybridized carbons (Fsp3) is 0.273. The van der Waals surface area contributed by atoms with Gasteiger partial charge in [0.2, 0.25) is 0 Å². The number of morpholine rings is 4. The first-order valence-corrected chi connectivity index (χ1v) is 37.9. The zero-order valence-electron chi connectivity index (χ0n) is 63.0.